The summed E-state index contributed by atoms with van der Waals surface area (Å²) in [6.07, 6.45) is -3.84. The topological polar surface area (TPSA) is 52.1 Å². The van der Waals surface area contributed by atoms with E-state index in [0.29, 0.717) is 31.0 Å². The first-order valence-corrected chi connectivity index (χ1v) is 8.72. The van der Waals surface area contributed by atoms with Crippen molar-refractivity contribution in [3.05, 3.63) is 59.2 Å². The molecular weight excluding hydrogens is 373 g/mol. The van der Waals surface area contributed by atoms with E-state index >= 15 is 0 Å². The van der Waals surface area contributed by atoms with Gasteiger partial charge < -0.3 is 19.6 Å². The number of benzene rings is 2. The summed E-state index contributed by atoms with van der Waals surface area (Å²) in [5, 5.41) is 7.33. The first kappa shape index (κ1) is 20.0. The third-order valence-corrected chi connectivity index (χ3v) is 4.43. The van der Waals surface area contributed by atoms with E-state index < -0.39 is 11.7 Å². The monoisotopic (exact) mass is 394 g/mol. The number of hydrogen-bond acceptors (Lipinski definition) is 5. The summed E-state index contributed by atoms with van der Waals surface area (Å²) >= 11 is 0. The third-order valence-electron chi connectivity index (χ3n) is 4.43. The average molecular weight is 394 g/mol. The Labute approximate surface area is 161 Å². The molecule has 1 atom stereocenters. The highest BCUT2D eigenvalue weighted by Crippen LogP contribution is 2.30. The number of ether oxygens (including phenoxy) is 2. The van der Waals surface area contributed by atoms with E-state index in [4.69, 9.17) is 14.3 Å². The summed E-state index contributed by atoms with van der Waals surface area (Å²) in [6.45, 7) is 0.977. The lowest BCUT2D eigenvalue weighted by Crippen LogP contribution is -2.26. The molecule has 0 bridgehead atoms. The fraction of sp³-hybridized carbons (Fsp3) is 0.350. The largest absolute Gasteiger partial charge is 0.493 e. The van der Waals surface area contributed by atoms with Gasteiger partial charge in [0.15, 0.2) is 11.5 Å². The normalized spacial score (nSPS) is 16.5. The molecule has 1 aliphatic heterocycles. The highest BCUT2D eigenvalue weighted by molar-refractivity contribution is 6.01. The van der Waals surface area contributed by atoms with Crippen molar-refractivity contribution < 1.29 is 27.5 Å². The Kier molecular flexibility index (Phi) is 6.08. The fourth-order valence-corrected chi connectivity index (χ4v) is 2.91. The van der Waals surface area contributed by atoms with Crippen LogP contribution in [0.15, 0.2) is 47.6 Å². The van der Waals surface area contributed by atoms with Crippen molar-refractivity contribution in [3.63, 3.8) is 0 Å². The zero-order valence-corrected chi connectivity index (χ0v) is 15.5. The van der Waals surface area contributed by atoms with E-state index in [2.05, 4.69) is 10.5 Å². The SMILES string of the molecule is COc1ccc(C2=NOC(CNCc3ccc(C(F)(F)F)cc3)C2)cc1OC. The van der Waals surface area contributed by atoms with Gasteiger partial charge in [-0.1, -0.05) is 17.3 Å². The van der Waals surface area contributed by atoms with Gasteiger partial charge in [0, 0.05) is 25.1 Å². The van der Waals surface area contributed by atoms with Crippen molar-refractivity contribution in [1.82, 2.24) is 5.32 Å². The lowest BCUT2D eigenvalue weighted by Gasteiger charge is -2.11. The van der Waals surface area contributed by atoms with Crippen molar-refractivity contribution in [1.29, 1.82) is 0 Å². The van der Waals surface area contributed by atoms with Gasteiger partial charge in [-0.15, -0.1) is 0 Å². The molecule has 0 saturated heterocycles. The van der Waals surface area contributed by atoms with Crippen LogP contribution >= 0.6 is 0 Å². The second-order valence-corrected chi connectivity index (χ2v) is 6.36. The minimum atomic E-state index is -4.32. The quantitative estimate of drug-likeness (QED) is 0.771. The molecule has 0 aliphatic carbocycles. The highest BCUT2D eigenvalue weighted by atomic mass is 19.4. The molecule has 8 heteroatoms. The van der Waals surface area contributed by atoms with Crippen molar-refractivity contribution in [2.75, 3.05) is 20.8 Å². The summed E-state index contributed by atoms with van der Waals surface area (Å²) in [4.78, 5) is 5.46. The van der Waals surface area contributed by atoms with Crippen molar-refractivity contribution >= 4 is 5.71 Å². The molecule has 3 rings (SSSR count). The molecule has 1 heterocycles. The smallest absolute Gasteiger partial charge is 0.416 e. The number of alkyl halides is 3. The minimum Gasteiger partial charge on any atom is -0.493 e. The van der Waals surface area contributed by atoms with Crippen molar-refractivity contribution in [2.45, 2.75) is 25.2 Å². The average Bonchev–Trinajstić information content (AvgIpc) is 3.16. The molecule has 2 aromatic rings. The van der Waals surface area contributed by atoms with E-state index in [1.807, 2.05) is 18.2 Å². The predicted molar refractivity (Wildman–Crippen MR) is 98.7 cm³/mol. The van der Waals surface area contributed by atoms with Crippen LogP contribution in [-0.4, -0.2) is 32.6 Å². The maximum atomic E-state index is 12.6. The van der Waals surface area contributed by atoms with Crippen LogP contribution < -0.4 is 14.8 Å². The number of rotatable bonds is 7. The number of methoxy groups -OCH3 is 2. The Morgan fingerprint density at radius 2 is 1.79 bits per heavy atom. The number of oxime groups is 1. The van der Waals surface area contributed by atoms with Crippen LogP contribution in [0.5, 0.6) is 11.5 Å². The number of halogens is 3. The van der Waals surface area contributed by atoms with Crippen LogP contribution in [0.2, 0.25) is 0 Å². The van der Waals surface area contributed by atoms with Gasteiger partial charge >= 0.3 is 6.18 Å². The lowest BCUT2D eigenvalue weighted by molar-refractivity contribution is -0.137. The molecule has 28 heavy (non-hydrogen) atoms. The van der Waals surface area contributed by atoms with E-state index in [-0.39, 0.29) is 6.10 Å². The molecule has 1 unspecified atom stereocenters. The maximum absolute atomic E-state index is 12.6. The molecule has 150 valence electrons. The van der Waals surface area contributed by atoms with Gasteiger partial charge in [0.1, 0.15) is 6.10 Å². The Morgan fingerprint density at radius 3 is 2.43 bits per heavy atom. The first-order chi connectivity index (χ1) is 13.4. The Morgan fingerprint density at radius 1 is 1.07 bits per heavy atom. The van der Waals surface area contributed by atoms with Crippen LogP contribution in [0.1, 0.15) is 23.1 Å². The third kappa shape index (κ3) is 4.75. The minimum absolute atomic E-state index is 0.141. The van der Waals surface area contributed by atoms with Gasteiger partial charge in [-0.05, 0) is 35.9 Å². The molecule has 2 aromatic carbocycles. The second-order valence-electron chi connectivity index (χ2n) is 6.36. The van der Waals surface area contributed by atoms with Crippen LogP contribution in [0.4, 0.5) is 13.2 Å². The molecule has 1 N–H and O–H groups in total. The van der Waals surface area contributed by atoms with Crippen molar-refractivity contribution in [3.8, 4) is 11.5 Å². The van der Waals surface area contributed by atoms with Gasteiger partial charge in [-0.3, -0.25) is 0 Å². The van der Waals surface area contributed by atoms with E-state index in [0.717, 1.165) is 29.0 Å². The summed E-state index contributed by atoms with van der Waals surface area (Å²) in [6, 6.07) is 10.7. The molecular formula is C20H21F3N2O3. The van der Waals surface area contributed by atoms with Crippen LogP contribution in [0.3, 0.4) is 0 Å². The number of nitrogens with one attached hydrogen (secondary N) is 1. The van der Waals surface area contributed by atoms with E-state index in [1.165, 1.54) is 12.1 Å². The molecule has 1 aliphatic rings. The fourth-order valence-electron chi connectivity index (χ4n) is 2.91. The molecule has 0 fully saturated rings. The Bertz CT molecular complexity index is 836. The summed E-state index contributed by atoms with van der Waals surface area (Å²) in [5.74, 6) is 1.26. The molecule has 5 nitrogen and oxygen atoms in total. The maximum Gasteiger partial charge on any atom is 0.416 e. The molecule has 0 aromatic heterocycles. The summed E-state index contributed by atoms with van der Waals surface area (Å²) < 4.78 is 48.3. The Balaban J connectivity index is 1.49. The molecule has 0 radical (unpaired) electrons. The van der Waals surface area contributed by atoms with Gasteiger partial charge in [0.25, 0.3) is 0 Å². The predicted octanol–water partition coefficient (Wildman–Crippen LogP) is 4.01. The zero-order valence-electron chi connectivity index (χ0n) is 15.5. The lowest BCUT2D eigenvalue weighted by atomic mass is 10.0. The Hall–Kier alpha value is -2.74. The van der Waals surface area contributed by atoms with Crippen LogP contribution in [-0.2, 0) is 17.6 Å². The second kappa shape index (κ2) is 8.52. The van der Waals surface area contributed by atoms with Crippen LogP contribution in [0.25, 0.3) is 0 Å². The first-order valence-electron chi connectivity index (χ1n) is 8.72. The van der Waals surface area contributed by atoms with Gasteiger partial charge in [0.2, 0.25) is 0 Å². The van der Waals surface area contributed by atoms with E-state index in [1.54, 1.807) is 14.2 Å². The zero-order chi connectivity index (χ0) is 20.1. The molecule has 0 spiro atoms. The van der Waals surface area contributed by atoms with Crippen LogP contribution in [0, 0.1) is 0 Å². The summed E-state index contributed by atoms with van der Waals surface area (Å²) in [5.41, 5.74) is 1.82. The highest BCUT2D eigenvalue weighted by Gasteiger charge is 2.30. The number of hydrogen-bond donors (Lipinski definition) is 1. The van der Waals surface area contributed by atoms with Gasteiger partial charge in [-0.25, -0.2) is 0 Å². The van der Waals surface area contributed by atoms with E-state index in [9.17, 15) is 13.2 Å². The van der Waals surface area contributed by atoms with Crippen molar-refractivity contribution in [2.24, 2.45) is 5.16 Å². The molecule has 0 amide bonds. The molecule has 0 saturated carbocycles. The standard InChI is InChI=1S/C20H21F3N2O3/c1-26-18-8-5-14(9-19(18)27-2)17-10-16(28-25-17)12-24-11-13-3-6-15(7-4-13)20(21,22)23/h3-9,16,24H,10-12H2,1-2H3. The summed E-state index contributed by atoms with van der Waals surface area (Å²) in [7, 11) is 3.15. The number of nitrogens with zero attached hydrogens (tertiary/aromatic N) is 1. The van der Waals surface area contributed by atoms with Gasteiger partial charge in [-0.2, -0.15) is 13.2 Å². The van der Waals surface area contributed by atoms with Gasteiger partial charge in [0.05, 0.1) is 25.5 Å².